The van der Waals surface area contributed by atoms with E-state index in [0.717, 1.165) is 11.3 Å². The number of methoxy groups -OCH3 is 1. The van der Waals surface area contributed by atoms with E-state index in [1.54, 1.807) is 18.3 Å². The second-order valence-electron chi connectivity index (χ2n) is 3.30. The van der Waals surface area contributed by atoms with Gasteiger partial charge in [-0.15, -0.1) is 0 Å². The molecule has 0 saturated heterocycles. The van der Waals surface area contributed by atoms with Gasteiger partial charge in [0.05, 0.1) is 12.7 Å². The molecule has 1 heterocycles. The summed E-state index contributed by atoms with van der Waals surface area (Å²) in [5.74, 6) is -0.373. The lowest BCUT2D eigenvalue weighted by Crippen LogP contribution is -2.03. The van der Waals surface area contributed by atoms with Gasteiger partial charge >= 0.3 is 5.97 Å². The Labute approximate surface area is 98.4 Å². The minimum Gasteiger partial charge on any atom is -0.465 e. The van der Waals surface area contributed by atoms with Crippen LogP contribution in [0.15, 0.2) is 36.0 Å². The molecule has 0 aromatic heterocycles. The number of rotatable bonds is 1. The average Bonchev–Trinajstić information content (AvgIpc) is 2.50. The molecule has 0 unspecified atom stereocenters. The molecule has 2 rings (SSSR count). The maximum atomic E-state index is 11.3. The zero-order chi connectivity index (χ0) is 11.5. The van der Waals surface area contributed by atoms with E-state index in [4.69, 9.17) is 11.6 Å². The number of halogens is 1. The molecule has 1 N–H and O–H groups in total. The van der Waals surface area contributed by atoms with Gasteiger partial charge in [0, 0.05) is 16.9 Å². The van der Waals surface area contributed by atoms with Crippen molar-refractivity contribution in [3.05, 3.63) is 46.6 Å². The van der Waals surface area contributed by atoms with E-state index in [9.17, 15) is 4.79 Å². The molecule has 0 amide bonds. The van der Waals surface area contributed by atoms with Gasteiger partial charge in [-0.05, 0) is 29.8 Å². The number of anilines is 1. The Balaban J connectivity index is 2.36. The summed E-state index contributed by atoms with van der Waals surface area (Å²) in [6.07, 6.45) is 5.13. The first-order valence-electron chi connectivity index (χ1n) is 4.73. The van der Waals surface area contributed by atoms with Crippen molar-refractivity contribution in [2.24, 2.45) is 0 Å². The average molecular weight is 236 g/mol. The number of nitrogens with one attached hydrogen (secondary N) is 1. The fraction of sp³-hybridized carbons (Fsp3) is 0.0833. The summed E-state index contributed by atoms with van der Waals surface area (Å²) in [5, 5.41) is 3.69. The molecule has 16 heavy (non-hydrogen) atoms. The highest BCUT2D eigenvalue weighted by Crippen LogP contribution is 2.24. The van der Waals surface area contributed by atoms with Crippen molar-refractivity contribution in [2.45, 2.75) is 0 Å². The SMILES string of the molecule is COC(=O)C1=CNc2ccc(Cl)cc2C=C1. The highest BCUT2D eigenvalue weighted by molar-refractivity contribution is 6.30. The summed E-state index contributed by atoms with van der Waals surface area (Å²) in [4.78, 5) is 11.3. The first-order chi connectivity index (χ1) is 7.70. The summed E-state index contributed by atoms with van der Waals surface area (Å²) >= 11 is 5.89. The van der Waals surface area contributed by atoms with E-state index in [2.05, 4.69) is 10.1 Å². The number of fused-ring (bicyclic) bond motifs is 1. The second-order valence-corrected chi connectivity index (χ2v) is 3.74. The quantitative estimate of drug-likeness (QED) is 0.761. The zero-order valence-electron chi connectivity index (χ0n) is 8.66. The zero-order valence-corrected chi connectivity index (χ0v) is 9.41. The Morgan fingerprint density at radius 3 is 2.94 bits per heavy atom. The normalized spacial score (nSPS) is 13.2. The van der Waals surface area contributed by atoms with Gasteiger partial charge in [-0.2, -0.15) is 0 Å². The number of esters is 1. The van der Waals surface area contributed by atoms with E-state index in [-0.39, 0.29) is 5.97 Å². The van der Waals surface area contributed by atoms with E-state index >= 15 is 0 Å². The third-order valence-corrected chi connectivity index (χ3v) is 2.50. The second kappa shape index (κ2) is 4.41. The molecule has 0 spiro atoms. The Kier molecular flexibility index (Phi) is 2.97. The number of benzene rings is 1. The lowest BCUT2D eigenvalue weighted by molar-refractivity contribution is -0.135. The molecule has 4 heteroatoms. The van der Waals surface area contributed by atoms with Crippen LogP contribution in [0.3, 0.4) is 0 Å². The largest absolute Gasteiger partial charge is 0.465 e. The minimum absolute atomic E-state index is 0.373. The van der Waals surface area contributed by atoms with Crippen molar-refractivity contribution in [3.63, 3.8) is 0 Å². The topological polar surface area (TPSA) is 38.3 Å². The lowest BCUT2D eigenvalue weighted by atomic mass is 10.1. The van der Waals surface area contributed by atoms with Gasteiger partial charge in [0.25, 0.3) is 0 Å². The summed E-state index contributed by atoms with van der Waals surface area (Å²) in [7, 11) is 1.35. The predicted molar refractivity (Wildman–Crippen MR) is 64.2 cm³/mol. The van der Waals surface area contributed by atoms with Crippen LogP contribution in [0.5, 0.6) is 0 Å². The van der Waals surface area contributed by atoms with Gasteiger partial charge in [-0.3, -0.25) is 0 Å². The third kappa shape index (κ3) is 2.09. The van der Waals surface area contributed by atoms with Crippen molar-refractivity contribution in [1.82, 2.24) is 0 Å². The fourth-order valence-electron chi connectivity index (χ4n) is 1.43. The Morgan fingerprint density at radius 2 is 2.19 bits per heavy atom. The predicted octanol–water partition coefficient (Wildman–Crippen LogP) is 2.84. The van der Waals surface area contributed by atoms with Gasteiger partial charge in [-0.25, -0.2) is 4.79 Å². The fourth-order valence-corrected chi connectivity index (χ4v) is 1.61. The van der Waals surface area contributed by atoms with Gasteiger partial charge in [0.2, 0.25) is 0 Å². The van der Waals surface area contributed by atoms with Crippen molar-refractivity contribution in [2.75, 3.05) is 12.4 Å². The number of carbonyl (C=O) groups is 1. The third-order valence-electron chi connectivity index (χ3n) is 2.26. The van der Waals surface area contributed by atoms with Crippen LogP contribution in [0.2, 0.25) is 5.02 Å². The van der Waals surface area contributed by atoms with Crippen molar-refractivity contribution >= 4 is 29.3 Å². The number of carbonyl (C=O) groups excluding carboxylic acids is 1. The lowest BCUT2D eigenvalue weighted by Gasteiger charge is -2.04. The molecule has 3 nitrogen and oxygen atoms in total. The molecule has 1 aliphatic heterocycles. The van der Waals surface area contributed by atoms with Gasteiger partial charge in [0.1, 0.15) is 0 Å². The minimum atomic E-state index is -0.373. The molecule has 0 bridgehead atoms. The van der Waals surface area contributed by atoms with Crippen LogP contribution < -0.4 is 5.32 Å². The van der Waals surface area contributed by atoms with Crippen LogP contribution in [0.1, 0.15) is 5.56 Å². The van der Waals surface area contributed by atoms with Gasteiger partial charge < -0.3 is 10.1 Å². The van der Waals surface area contributed by atoms with E-state index in [0.29, 0.717) is 10.6 Å². The summed E-state index contributed by atoms with van der Waals surface area (Å²) in [6, 6.07) is 5.48. The van der Waals surface area contributed by atoms with Crippen molar-refractivity contribution in [1.29, 1.82) is 0 Å². The van der Waals surface area contributed by atoms with Crippen LogP contribution in [-0.4, -0.2) is 13.1 Å². The molecular formula is C12H10ClNO2. The first kappa shape index (κ1) is 10.8. The Morgan fingerprint density at radius 1 is 1.38 bits per heavy atom. The molecule has 0 fully saturated rings. The molecule has 0 aliphatic carbocycles. The molecular weight excluding hydrogens is 226 g/mol. The number of hydrogen-bond acceptors (Lipinski definition) is 3. The number of ether oxygens (including phenoxy) is 1. The smallest absolute Gasteiger partial charge is 0.339 e. The van der Waals surface area contributed by atoms with Crippen LogP contribution >= 0.6 is 11.6 Å². The Hall–Kier alpha value is -1.74. The van der Waals surface area contributed by atoms with E-state index in [1.165, 1.54) is 7.11 Å². The summed E-state index contributed by atoms with van der Waals surface area (Å²) in [6.45, 7) is 0. The van der Waals surface area contributed by atoms with Crippen LogP contribution in [-0.2, 0) is 9.53 Å². The molecule has 82 valence electrons. The van der Waals surface area contributed by atoms with Crippen molar-refractivity contribution < 1.29 is 9.53 Å². The highest BCUT2D eigenvalue weighted by atomic mass is 35.5. The van der Waals surface area contributed by atoms with E-state index < -0.39 is 0 Å². The van der Waals surface area contributed by atoms with Crippen LogP contribution in [0.4, 0.5) is 5.69 Å². The summed E-state index contributed by atoms with van der Waals surface area (Å²) < 4.78 is 4.64. The molecule has 1 aliphatic rings. The highest BCUT2D eigenvalue weighted by Gasteiger charge is 2.09. The van der Waals surface area contributed by atoms with Crippen LogP contribution in [0, 0.1) is 0 Å². The van der Waals surface area contributed by atoms with Crippen molar-refractivity contribution in [3.8, 4) is 0 Å². The van der Waals surface area contributed by atoms with Crippen LogP contribution in [0.25, 0.3) is 6.08 Å². The van der Waals surface area contributed by atoms with Gasteiger partial charge in [-0.1, -0.05) is 17.7 Å². The van der Waals surface area contributed by atoms with E-state index in [1.807, 2.05) is 18.2 Å². The Bertz CT molecular complexity index is 492. The molecule has 0 radical (unpaired) electrons. The monoisotopic (exact) mass is 235 g/mol. The molecule has 1 aromatic rings. The molecule has 1 aromatic carbocycles. The standard InChI is InChI=1S/C12H10ClNO2/c1-16-12(15)9-3-2-8-6-10(13)4-5-11(8)14-7-9/h2-7,14H,1H3. The first-order valence-corrected chi connectivity index (χ1v) is 5.11. The maximum absolute atomic E-state index is 11.3. The maximum Gasteiger partial charge on any atom is 0.339 e. The number of hydrogen-bond donors (Lipinski definition) is 1. The molecule has 0 atom stereocenters. The molecule has 0 saturated carbocycles. The van der Waals surface area contributed by atoms with Gasteiger partial charge in [0.15, 0.2) is 0 Å². The summed E-state index contributed by atoms with van der Waals surface area (Å²) in [5.41, 5.74) is 2.30.